The lowest BCUT2D eigenvalue weighted by molar-refractivity contribution is -0.128. The van der Waals surface area contributed by atoms with Crippen LogP contribution in [0.15, 0.2) is 22.6 Å². The van der Waals surface area contributed by atoms with Crippen LogP contribution < -0.4 is 0 Å². The molecule has 0 aliphatic carbocycles. The van der Waals surface area contributed by atoms with Crippen molar-refractivity contribution < 1.29 is 13.9 Å². The smallest absolute Gasteiger partial charge is 0.147 e. The predicted octanol–water partition coefficient (Wildman–Crippen LogP) is 3.09. The first-order chi connectivity index (χ1) is 9.56. The monoisotopic (exact) mass is 387 g/mol. The second kappa shape index (κ2) is 4.42. The number of fused-ring (bicyclic) bond motifs is 4. The van der Waals surface area contributed by atoms with E-state index in [1.54, 1.807) is 0 Å². The van der Waals surface area contributed by atoms with Gasteiger partial charge in [-0.25, -0.2) is 4.39 Å². The Labute approximate surface area is 129 Å². The van der Waals surface area contributed by atoms with Gasteiger partial charge in [0.15, 0.2) is 0 Å². The Balaban J connectivity index is 1.84. The molecular formula is C15H15FINO2. The quantitative estimate of drug-likeness (QED) is 0.765. The number of hydrogen-bond acceptors (Lipinski definition) is 3. The Morgan fingerprint density at radius 3 is 2.70 bits per heavy atom. The van der Waals surface area contributed by atoms with E-state index >= 15 is 0 Å². The maximum Gasteiger partial charge on any atom is 0.147 e. The van der Waals surface area contributed by atoms with E-state index in [-0.39, 0.29) is 11.7 Å². The van der Waals surface area contributed by atoms with Crippen LogP contribution in [0.3, 0.4) is 0 Å². The van der Waals surface area contributed by atoms with Gasteiger partial charge in [0, 0.05) is 11.9 Å². The zero-order valence-corrected chi connectivity index (χ0v) is 13.1. The van der Waals surface area contributed by atoms with Gasteiger partial charge in [-0.15, -0.1) is 0 Å². The maximum atomic E-state index is 13.5. The predicted molar refractivity (Wildman–Crippen MR) is 81.9 cm³/mol. The molecule has 0 radical (unpaired) electrons. The molecule has 1 N–H and O–H groups in total. The summed E-state index contributed by atoms with van der Waals surface area (Å²) in [7, 11) is 0. The molecule has 20 heavy (non-hydrogen) atoms. The molecule has 2 aromatic rings. The van der Waals surface area contributed by atoms with Crippen molar-refractivity contribution in [2.24, 2.45) is 5.92 Å². The molecule has 3 fully saturated rings. The standard InChI is InChI=1S/C15H15FINO2/c16-11-5-9-6-13(20-14(9)12(17)7-11)15(19)8-18-3-1-10(15)2-4-18/h5-7,10,19H,1-4,8H2. The molecular weight excluding hydrogens is 372 g/mol. The van der Waals surface area contributed by atoms with Crippen molar-refractivity contribution in [3.8, 4) is 0 Å². The van der Waals surface area contributed by atoms with Crippen LogP contribution >= 0.6 is 22.6 Å². The van der Waals surface area contributed by atoms with Crippen molar-refractivity contribution in [1.29, 1.82) is 0 Å². The summed E-state index contributed by atoms with van der Waals surface area (Å²) in [6.45, 7) is 2.73. The van der Waals surface area contributed by atoms with Crippen LogP contribution in [0.25, 0.3) is 11.0 Å². The third kappa shape index (κ3) is 1.83. The van der Waals surface area contributed by atoms with E-state index in [9.17, 15) is 9.50 Å². The van der Waals surface area contributed by atoms with Gasteiger partial charge in [0.2, 0.25) is 0 Å². The van der Waals surface area contributed by atoms with Crippen LogP contribution in [0, 0.1) is 15.3 Å². The molecule has 2 bridgehead atoms. The molecule has 106 valence electrons. The Bertz CT molecular complexity index is 678. The number of aliphatic hydroxyl groups is 1. The van der Waals surface area contributed by atoms with Crippen LogP contribution in [0.5, 0.6) is 0 Å². The highest BCUT2D eigenvalue weighted by Gasteiger charge is 2.48. The minimum absolute atomic E-state index is 0.246. The highest BCUT2D eigenvalue weighted by Crippen LogP contribution is 2.44. The average molecular weight is 387 g/mol. The van der Waals surface area contributed by atoms with Crippen molar-refractivity contribution in [3.63, 3.8) is 0 Å². The zero-order chi connectivity index (χ0) is 13.9. The van der Waals surface area contributed by atoms with E-state index in [0.717, 1.165) is 34.9 Å². The van der Waals surface area contributed by atoms with Crippen LogP contribution in [-0.4, -0.2) is 29.6 Å². The molecule has 3 aliphatic rings. The summed E-state index contributed by atoms with van der Waals surface area (Å²) < 4.78 is 20.1. The molecule has 5 heteroatoms. The second-order valence-corrected chi connectivity index (χ2v) is 7.05. The molecule has 1 aromatic heterocycles. The van der Waals surface area contributed by atoms with Crippen molar-refractivity contribution in [1.82, 2.24) is 4.90 Å². The first-order valence-electron chi connectivity index (χ1n) is 6.90. The molecule has 0 saturated carbocycles. The number of nitrogens with zero attached hydrogens (tertiary/aromatic N) is 1. The third-order valence-corrected chi connectivity index (χ3v) is 5.49. The van der Waals surface area contributed by atoms with E-state index in [1.165, 1.54) is 12.1 Å². The summed E-state index contributed by atoms with van der Waals surface area (Å²) in [5, 5.41) is 11.8. The van der Waals surface area contributed by atoms with Gasteiger partial charge in [0.05, 0.1) is 3.57 Å². The van der Waals surface area contributed by atoms with Gasteiger partial charge in [0.1, 0.15) is 22.8 Å². The molecule has 0 spiro atoms. The fourth-order valence-electron chi connectivity index (χ4n) is 3.61. The van der Waals surface area contributed by atoms with E-state index < -0.39 is 5.60 Å². The van der Waals surface area contributed by atoms with E-state index in [0.29, 0.717) is 17.9 Å². The van der Waals surface area contributed by atoms with Crippen molar-refractivity contribution in [3.05, 3.63) is 33.3 Å². The summed E-state index contributed by atoms with van der Waals surface area (Å²) in [6, 6.07) is 4.73. The summed E-state index contributed by atoms with van der Waals surface area (Å²) in [5.41, 5.74) is -0.249. The number of hydrogen-bond donors (Lipinski definition) is 1. The Kier molecular flexibility index (Phi) is 2.88. The highest BCUT2D eigenvalue weighted by molar-refractivity contribution is 14.1. The summed E-state index contributed by atoms with van der Waals surface area (Å²) >= 11 is 2.07. The molecule has 0 amide bonds. The molecule has 1 aromatic carbocycles. The van der Waals surface area contributed by atoms with Crippen LogP contribution in [-0.2, 0) is 5.60 Å². The van der Waals surface area contributed by atoms with Gasteiger partial charge in [-0.2, -0.15) is 0 Å². The summed E-state index contributed by atoms with van der Waals surface area (Å²) in [4.78, 5) is 2.28. The van der Waals surface area contributed by atoms with Crippen molar-refractivity contribution in [2.45, 2.75) is 18.4 Å². The largest absolute Gasteiger partial charge is 0.457 e. The average Bonchev–Trinajstić information content (AvgIpc) is 2.84. The van der Waals surface area contributed by atoms with Crippen LogP contribution in [0.4, 0.5) is 4.39 Å². The highest BCUT2D eigenvalue weighted by atomic mass is 127. The van der Waals surface area contributed by atoms with E-state index in [4.69, 9.17) is 4.42 Å². The minimum atomic E-state index is -0.922. The summed E-state index contributed by atoms with van der Waals surface area (Å²) in [6.07, 6.45) is 2.00. The van der Waals surface area contributed by atoms with Gasteiger partial charge in [-0.05, 0) is 72.6 Å². The zero-order valence-electron chi connectivity index (χ0n) is 10.9. The van der Waals surface area contributed by atoms with E-state index in [2.05, 4.69) is 27.5 Å². The fraction of sp³-hybridized carbons (Fsp3) is 0.467. The molecule has 1 atom stereocenters. The van der Waals surface area contributed by atoms with Gasteiger partial charge in [0.25, 0.3) is 0 Å². The topological polar surface area (TPSA) is 36.6 Å². The third-order valence-electron chi connectivity index (χ3n) is 4.69. The SMILES string of the molecule is OC1(c2cc3cc(F)cc(I)c3o2)CN2CCC1CC2. The van der Waals surface area contributed by atoms with Gasteiger partial charge >= 0.3 is 0 Å². The normalized spacial score (nSPS) is 33.0. The fourth-order valence-corrected chi connectivity index (χ4v) is 4.33. The number of halogens is 2. The van der Waals surface area contributed by atoms with Gasteiger partial charge in [-0.1, -0.05) is 0 Å². The van der Waals surface area contributed by atoms with Crippen LogP contribution in [0.2, 0.25) is 0 Å². The molecule has 1 unspecified atom stereocenters. The number of rotatable bonds is 1. The molecule has 4 heterocycles. The first-order valence-corrected chi connectivity index (χ1v) is 7.98. The Hall–Kier alpha value is -0.660. The van der Waals surface area contributed by atoms with E-state index in [1.807, 2.05) is 6.07 Å². The maximum absolute atomic E-state index is 13.5. The minimum Gasteiger partial charge on any atom is -0.457 e. The lowest BCUT2D eigenvalue weighted by atomic mass is 9.74. The lowest BCUT2D eigenvalue weighted by Crippen LogP contribution is -2.56. The lowest BCUT2D eigenvalue weighted by Gasteiger charge is -2.49. The first kappa shape index (κ1) is 13.0. The molecule has 5 rings (SSSR count). The number of piperidine rings is 3. The van der Waals surface area contributed by atoms with Crippen molar-refractivity contribution in [2.75, 3.05) is 19.6 Å². The van der Waals surface area contributed by atoms with Crippen LogP contribution in [0.1, 0.15) is 18.6 Å². The van der Waals surface area contributed by atoms with Gasteiger partial charge in [-0.3, -0.25) is 4.90 Å². The number of benzene rings is 1. The van der Waals surface area contributed by atoms with Gasteiger partial charge < -0.3 is 9.52 Å². The van der Waals surface area contributed by atoms with Crippen molar-refractivity contribution >= 4 is 33.6 Å². The molecule has 3 aliphatic heterocycles. The Morgan fingerprint density at radius 2 is 2.05 bits per heavy atom. The number of furan rings is 1. The molecule has 3 nitrogen and oxygen atoms in total. The second-order valence-electron chi connectivity index (χ2n) is 5.89. The summed E-state index contributed by atoms with van der Waals surface area (Å²) in [5.74, 6) is 0.566. The molecule has 3 saturated heterocycles. The Morgan fingerprint density at radius 1 is 1.30 bits per heavy atom.